The molecule has 2 saturated heterocycles. The molecule has 4 heterocycles. The summed E-state index contributed by atoms with van der Waals surface area (Å²) in [6.07, 6.45) is 3.94. The van der Waals surface area contributed by atoms with Crippen molar-refractivity contribution in [1.29, 1.82) is 0 Å². The van der Waals surface area contributed by atoms with Crippen LogP contribution in [-0.4, -0.2) is 63.9 Å². The average Bonchev–Trinajstić information content (AvgIpc) is 3.39. The molecule has 2 unspecified atom stereocenters. The van der Waals surface area contributed by atoms with Gasteiger partial charge in [0.25, 0.3) is 0 Å². The summed E-state index contributed by atoms with van der Waals surface area (Å²) >= 11 is 5.95. The van der Waals surface area contributed by atoms with E-state index in [1.165, 1.54) is 33.8 Å². The van der Waals surface area contributed by atoms with Gasteiger partial charge in [-0.05, 0) is 80.7 Å². The zero-order valence-electron chi connectivity index (χ0n) is 22.5. The van der Waals surface area contributed by atoms with E-state index in [2.05, 4.69) is 83.8 Å². The number of morpholine rings is 1. The molecule has 196 valence electrons. The van der Waals surface area contributed by atoms with Gasteiger partial charge in [-0.1, -0.05) is 31.2 Å². The van der Waals surface area contributed by atoms with E-state index < -0.39 is 0 Å². The quantitative estimate of drug-likeness (QED) is 0.422. The lowest BCUT2D eigenvalue weighted by Gasteiger charge is -2.30. The van der Waals surface area contributed by atoms with Gasteiger partial charge in [0.2, 0.25) is 0 Å². The second kappa shape index (κ2) is 11.3. The zero-order valence-corrected chi connectivity index (χ0v) is 23.4. The summed E-state index contributed by atoms with van der Waals surface area (Å²) in [6, 6.07) is 15.2. The van der Waals surface area contributed by atoms with Crippen LogP contribution in [0.3, 0.4) is 0 Å². The molecule has 6 nitrogen and oxygen atoms in total. The molecule has 2 aliphatic rings. The average molecular weight is 518 g/mol. The van der Waals surface area contributed by atoms with Crippen LogP contribution >= 0.6 is 12.2 Å². The Morgan fingerprint density at radius 2 is 1.86 bits per heavy atom. The first kappa shape index (κ1) is 25.9. The minimum absolute atomic E-state index is 0.00792. The van der Waals surface area contributed by atoms with E-state index in [1.807, 2.05) is 12.3 Å². The molecule has 2 aromatic heterocycles. The summed E-state index contributed by atoms with van der Waals surface area (Å²) in [5, 5.41) is 4.46. The molecule has 0 radical (unpaired) electrons. The molecule has 3 aromatic rings. The number of para-hydroxylation sites is 1. The van der Waals surface area contributed by atoms with Gasteiger partial charge in [0.05, 0.1) is 36.7 Å². The maximum atomic E-state index is 5.95. The second-order valence-corrected chi connectivity index (χ2v) is 10.6. The lowest BCUT2D eigenvalue weighted by atomic mass is 9.96. The van der Waals surface area contributed by atoms with E-state index >= 15 is 0 Å². The van der Waals surface area contributed by atoms with Gasteiger partial charge in [-0.2, -0.15) is 0 Å². The number of pyridine rings is 1. The molecule has 0 saturated carbocycles. The number of nitrogens with one attached hydrogen (secondary N) is 1. The maximum absolute atomic E-state index is 5.95. The topological polar surface area (TPSA) is 45.6 Å². The van der Waals surface area contributed by atoms with Crippen LogP contribution in [0.15, 0.2) is 48.7 Å². The monoisotopic (exact) mass is 517 g/mol. The number of rotatable bonds is 8. The fourth-order valence-corrected chi connectivity index (χ4v) is 6.36. The Bertz CT molecular complexity index is 1230. The van der Waals surface area contributed by atoms with Crippen LogP contribution in [0.1, 0.15) is 59.2 Å². The number of ether oxygens (including phenoxy) is 1. The third kappa shape index (κ3) is 5.17. The van der Waals surface area contributed by atoms with E-state index in [0.717, 1.165) is 63.0 Å². The van der Waals surface area contributed by atoms with E-state index in [1.54, 1.807) is 0 Å². The Balaban J connectivity index is 1.51. The first-order valence-electron chi connectivity index (χ1n) is 13.6. The van der Waals surface area contributed by atoms with Crippen molar-refractivity contribution in [1.82, 2.24) is 24.7 Å². The summed E-state index contributed by atoms with van der Waals surface area (Å²) in [5.74, 6) is 0. The van der Waals surface area contributed by atoms with Crippen molar-refractivity contribution in [3.63, 3.8) is 0 Å². The van der Waals surface area contributed by atoms with Gasteiger partial charge in [0.1, 0.15) is 0 Å². The van der Waals surface area contributed by atoms with Gasteiger partial charge in [-0.25, -0.2) is 0 Å². The van der Waals surface area contributed by atoms with Crippen molar-refractivity contribution in [3.8, 4) is 5.69 Å². The number of nitrogens with zero attached hydrogens (tertiary/aromatic N) is 4. The van der Waals surface area contributed by atoms with Crippen LogP contribution in [0.5, 0.6) is 0 Å². The SMILES string of the molecule is CCc1cccc(C)c1-n1c(C)cc(C2C(c3ccccn3)NC(=S)N2CCCN2CCOCC2)c1C. The lowest BCUT2D eigenvalue weighted by Crippen LogP contribution is -2.39. The number of benzene rings is 1. The summed E-state index contributed by atoms with van der Waals surface area (Å²) in [5.41, 5.74) is 8.86. The Hall–Kier alpha value is -2.74. The fraction of sp³-hybridized carbons (Fsp3) is 0.467. The number of aryl methyl sites for hydroxylation is 3. The first-order chi connectivity index (χ1) is 18.0. The van der Waals surface area contributed by atoms with Gasteiger partial charge in [0, 0.05) is 43.8 Å². The lowest BCUT2D eigenvalue weighted by molar-refractivity contribution is 0.0365. The Morgan fingerprint density at radius 3 is 2.59 bits per heavy atom. The minimum Gasteiger partial charge on any atom is -0.379 e. The van der Waals surface area contributed by atoms with Gasteiger partial charge in [-0.3, -0.25) is 9.88 Å². The van der Waals surface area contributed by atoms with Gasteiger partial charge in [0.15, 0.2) is 5.11 Å². The third-order valence-corrected chi connectivity index (χ3v) is 8.24. The van der Waals surface area contributed by atoms with Crippen molar-refractivity contribution in [3.05, 3.63) is 82.4 Å². The van der Waals surface area contributed by atoms with E-state index in [-0.39, 0.29) is 12.1 Å². The molecule has 1 aromatic carbocycles. The standard InChI is InChI=1S/C30H39N5OS/c1-5-24-11-8-10-21(2)28(24)35-22(3)20-25(23(35)4)29-27(26-12-6-7-13-31-26)32-30(37)34(29)15-9-14-33-16-18-36-19-17-33/h6-8,10-13,20,27,29H,5,9,14-19H2,1-4H3,(H,32,37). The van der Waals surface area contributed by atoms with Crippen molar-refractivity contribution in [2.45, 2.75) is 52.6 Å². The van der Waals surface area contributed by atoms with Crippen molar-refractivity contribution in [2.24, 2.45) is 0 Å². The third-order valence-electron chi connectivity index (χ3n) is 7.89. The largest absolute Gasteiger partial charge is 0.379 e. The molecule has 2 fully saturated rings. The highest BCUT2D eigenvalue weighted by Crippen LogP contribution is 2.42. The number of aromatic nitrogens is 2. The van der Waals surface area contributed by atoms with Crippen LogP contribution in [0.4, 0.5) is 0 Å². The Morgan fingerprint density at radius 1 is 1.05 bits per heavy atom. The maximum Gasteiger partial charge on any atom is 0.170 e. The molecule has 7 heteroatoms. The molecule has 0 spiro atoms. The van der Waals surface area contributed by atoms with Gasteiger partial charge < -0.3 is 19.5 Å². The number of thiocarbonyl (C=S) groups is 1. The van der Waals surface area contributed by atoms with Gasteiger partial charge in [-0.15, -0.1) is 0 Å². The van der Waals surface area contributed by atoms with E-state index in [0.29, 0.717) is 0 Å². The summed E-state index contributed by atoms with van der Waals surface area (Å²) in [7, 11) is 0. The van der Waals surface area contributed by atoms with Crippen LogP contribution in [0.25, 0.3) is 5.69 Å². The Kier molecular flexibility index (Phi) is 7.93. The molecular weight excluding hydrogens is 478 g/mol. The summed E-state index contributed by atoms with van der Waals surface area (Å²) < 4.78 is 7.98. The predicted octanol–water partition coefficient (Wildman–Crippen LogP) is 5.05. The van der Waals surface area contributed by atoms with Crippen molar-refractivity contribution < 1.29 is 4.74 Å². The molecule has 0 bridgehead atoms. The van der Waals surface area contributed by atoms with Crippen molar-refractivity contribution in [2.75, 3.05) is 39.4 Å². The number of hydrogen-bond donors (Lipinski definition) is 1. The van der Waals surface area contributed by atoms with Crippen LogP contribution in [-0.2, 0) is 11.2 Å². The fourth-order valence-electron chi connectivity index (χ4n) is 6.03. The number of hydrogen-bond acceptors (Lipinski definition) is 4. The molecule has 2 atom stereocenters. The Labute approximate surface area is 226 Å². The normalized spacial score (nSPS) is 20.4. The van der Waals surface area contributed by atoms with Gasteiger partial charge >= 0.3 is 0 Å². The highest BCUT2D eigenvalue weighted by Gasteiger charge is 2.41. The summed E-state index contributed by atoms with van der Waals surface area (Å²) in [4.78, 5) is 9.64. The van der Waals surface area contributed by atoms with E-state index in [9.17, 15) is 0 Å². The molecule has 2 aliphatic heterocycles. The smallest absolute Gasteiger partial charge is 0.170 e. The molecule has 0 amide bonds. The predicted molar refractivity (Wildman–Crippen MR) is 153 cm³/mol. The highest BCUT2D eigenvalue weighted by atomic mass is 32.1. The van der Waals surface area contributed by atoms with Crippen molar-refractivity contribution >= 4 is 17.3 Å². The minimum atomic E-state index is 0.00792. The summed E-state index contributed by atoms with van der Waals surface area (Å²) in [6.45, 7) is 14.6. The van der Waals surface area contributed by atoms with Crippen LogP contribution in [0, 0.1) is 20.8 Å². The zero-order chi connectivity index (χ0) is 25.9. The first-order valence-corrected chi connectivity index (χ1v) is 14.0. The van der Waals surface area contributed by atoms with E-state index in [4.69, 9.17) is 21.9 Å². The van der Waals surface area contributed by atoms with Crippen LogP contribution < -0.4 is 5.32 Å². The molecular formula is C30H39N5OS. The van der Waals surface area contributed by atoms with Crippen LogP contribution in [0.2, 0.25) is 0 Å². The molecule has 0 aliphatic carbocycles. The highest BCUT2D eigenvalue weighted by molar-refractivity contribution is 7.80. The molecule has 5 rings (SSSR count). The molecule has 37 heavy (non-hydrogen) atoms. The second-order valence-electron chi connectivity index (χ2n) is 10.2. The molecule has 1 N–H and O–H groups in total.